The average Bonchev–Trinajstić information content (AvgIpc) is 2.30. The lowest BCUT2D eigenvalue weighted by atomic mass is 9.97. The summed E-state index contributed by atoms with van der Waals surface area (Å²) in [5, 5.41) is 11.8. The Labute approximate surface area is 111 Å². The zero-order chi connectivity index (χ0) is 13.7. The van der Waals surface area contributed by atoms with E-state index in [0.29, 0.717) is 5.56 Å². The van der Waals surface area contributed by atoms with Crippen molar-refractivity contribution < 1.29 is 14.7 Å². The van der Waals surface area contributed by atoms with E-state index in [0.717, 1.165) is 11.1 Å². The molecule has 0 saturated heterocycles. The van der Waals surface area contributed by atoms with Crippen LogP contribution in [0.4, 0.5) is 0 Å². The summed E-state index contributed by atoms with van der Waals surface area (Å²) in [6.45, 7) is 3.78. The van der Waals surface area contributed by atoms with E-state index in [-0.39, 0.29) is 11.7 Å². The summed E-state index contributed by atoms with van der Waals surface area (Å²) in [6.07, 6.45) is 1.80. The fourth-order valence-corrected chi connectivity index (χ4v) is 2.04. The normalized spacial score (nSPS) is 11.9. The van der Waals surface area contributed by atoms with Gasteiger partial charge in [0.25, 0.3) is 0 Å². The van der Waals surface area contributed by atoms with Gasteiger partial charge in [0.1, 0.15) is 0 Å². The van der Waals surface area contributed by atoms with Crippen LogP contribution < -0.4 is 5.32 Å². The predicted molar refractivity (Wildman–Crippen MR) is 72.8 cm³/mol. The van der Waals surface area contributed by atoms with Gasteiger partial charge in [0, 0.05) is 0 Å². The van der Waals surface area contributed by atoms with Gasteiger partial charge in [0.15, 0.2) is 6.04 Å². The average molecular weight is 267 g/mol. The van der Waals surface area contributed by atoms with Gasteiger partial charge in [-0.15, -0.1) is 0 Å². The summed E-state index contributed by atoms with van der Waals surface area (Å²) in [5.74, 6) is -1.05. The first kappa shape index (κ1) is 14.6. The van der Waals surface area contributed by atoms with Crippen molar-refractivity contribution in [3.63, 3.8) is 0 Å². The number of thioether (sulfide) groups is 1. The third kappa shape index (κ3) is 3.50. The molecule has 0 spiro atoms. The molecule has 2 N–H and O–H groups in total. The van der Waals surface area contributed by atoms with Crippen molar-refractivity contribution in [3.8, 4) is 0 Å². The van der Waals surface area contributed by atoms with Gasteiger partial charge in [-0.05, 0) is 36.8 Å². The van der Waals surface area contributed by atoms with E-state index < -0.39 is 12.0 Å². The summed E-state index contributed by atoms with van der Waals surface area (Å²) in [4.78, 5) is 22.8. The Bertz CT molecular complexity index is 460. The maximum absolute atomic E-state index is 11.5. The van der Waals surface area contributed by atoms with Crippen LogP contribution in [0.15, 0.2) is 18.2 Å². The Hall–Kier alpha value is -1.49. The first-order valence-corrected chi connectivity index (χ1v) is 6.94. The van der Waals surface area contributed by atoms with Gasteiger partial charge in [0.05, 0.1) is 5.75 Å². The standard InChI is InChI=1S/C13H17NO3S/c1-8-5-4-6-10(9(8)2)12(13(16)17)14-11(15)7-18-3/h4-6,12H,7H2,1-3H3,(H,14,15)(H,16,17). The molecule has 1 aromatic rings. The second-order valence-corrected chi connectivity index (χ2v) is 4.93. The van der Waals surface area contributed by atoms with Crippen molar-refractivity contribution >= 4 is 23.6 Å². The fraction of sp³-hybridized carbons (Fsp3) is 0.385. The van der Waals surface area contributed by atoms with Crippen molar-refractivity contribution in [3.05, 3.63) is 34.9 Å². The molecule has 0 radical (unpaired) electrons. The minimum Gasteiger partial charge on any atom is -0.479 e. The van der Waals surface area contributed by atoms with Crippen LogP contribution in [0.2, 0.25) is 0 Å². The summed E-state index contributed by atoms with van der Waals surface area (Å²) in [6, 6.07) is 4.47. The molecular weight excluding hydrogens is 250 g/mol. The van der Waals surface area contributed by atoms with Gasteiger partial charge in [-0.2, -0.15) is 11.8 Å². The maximum atomic E-state index is 11.5. The van der Waals surface area contributed by atoms with E-state index in [1.165, 1.54) is 11.8 Å². The first-order chi connectivity index (χ1) is 8.47. The third-order valence-corrected chi connectivity index (χ3v) is 3.34. The smallest absolute Gasteiger partial charge is 0.330 e. The summed E-state index contributed by atoms with van der Waals surface area (Å²) < 4.78 is 0. The van der Waals surface area contributed by atoms with Crippen molar-refractivity contribution in [2.24, 2.45) is 0 Å². The van der Waals surface area contributed by atoms with E-state index in [4.69, 9.17) is 0 Å². The molecule has 18 heavy (non-hydrogen) atoms. The Morgan fingerprint density at radius 2 is 2.06 bits per heavy atom. The largest absolute Gasteiger partial charge is 0.479 e. The molecule has 0 aromatic heterocycles. The molecule has 0 aliphatic carbocycles. The molecule has 1 amide bonds. The lowest BCUT2D eigenvalue weighted by Gasteiger charge is -2.18. The number of amides is 1. The highest BCUT2D eigenvalue weighted by Crippen LogP contribution is 2.20. The second kappa shape index (κ2) is 6.44. The van der Waals surface area contributed by atoms with E-state index in [2.05, 4.69) is 5.32 Å². The lowest BCUT2D eigenvalue weighted by molar-refractivity contribution is -0.141. The number of carbonyl (C=O) groups is 2. The molecule has 1 rings (SSSR count). The summed E-state index contributed by atoms with van der Waals surface area (Å²) >= 11 is 1.36. The quantitative estimate of drug-likeness (QED) is 0.855. The van der Waals surface area contributed by atoms with E-state index in [1.54, 1.807) is 18.4 Å². The van der Waals surface area contributed by atoms with Crippen LogP contribution in [-0.4, -0.2) is 29.0 Å². The van der Waals surface area contributed by atoms with Crippen molar-refractivity contribution in [1.82, 2.24) is 5.32 Å². The number of carboxylic acids is 1. The number of rotatable bonds is 5. The highest BCUT2D eigenvalue weighted by atomic mass is 32.2. The minimum atomic E-state index is -1.04. The van der Waals surface area contributed by atoms with E-state index in [9.17, 15) is 14.7 Å². The highest BCUT2D eigenvalue weighted by Gasteiger charge is 2.23. The van der Waals surface area contributed by atoms with Crippen LogP contribution >= 0.6 is 11.8 Å². The Kier molecular flexibility index (Phi) is 5.22. The first-order valence-electron chi connectivity index (χ1n) is 5.54. The van der Waals surface area contributed by atoms with Gasteiger partial charge in [-0.25, -0.2) is 4.79 Å². The Morgan fingerprint density at radius 1 is 1.39 bits per heavy atom. The molecule has 0 heterocycles. The van der Waals surface area contributed by atoms with Gasteiger partial charge in [-0.3, -0.25) is 4.79 Å². The topological polar surface area (TPSA) is 66.4 Å². The molecule has 0 fully saturated rings. The molecule has 0 bridgehead atoms. The molecule has 0 saturated carbocycles. The number of benzene rings is 1. The van der Waals surface area contributed by atoms with Crippen LogP contribution in [0, 0.1) is 13.8 Å². The lowest BCUT2D eigenvalue weighted by Crippen LogP contribution is -2.35. The number of aryl methyl sites for hydroxylation is 1. The van der Waals surface area contributed by atoms with Gasteiger partial charge in [-0.1, -0.05) is 18.2 Å². The Morgan fingerprint density at radius 3 is 2.61 bits per heavy atom. The monoisotopic (exact) mass is 267 g/mol. The molecule has 98 valence electrons. The number of carbonyl (C=O) groups excluding carboxylic acids is 1. The third-order valence-electron chi connectivity index (χ3n) is 2.79. The van der Waals surface area contributed by atoms with Crippen LogP contribution in [0.25, 0.3) is 0 Å². The molecule has 1 aromatic carbocycles. The van der Waals surface area contributed by atoms with E-state index in [1.807, 2.05) is 19.9 Å². The number of nitrogens with one attached hydrogen (secondary N) is 1. The molecule has 0 aliphatic rings. The van der Waals surface area contributed by atoms with Gasteiger partial charge in [0.2, 0.25) is 5.91 Å². The fourth-order valence-electron chi connectivity index (χ4n) is 1.69. The van der Waals surface area contributed by atoms with Gasteiger partial charge >= 0.3 is 5.97 Å². The molecule has 5 heteroatoms. The number of carboxylic acid groups (broad SMARTS) is 1. The SMILES string of the molecule is CSCC(=O)NC(C(=O)O)c1cccc(C)c1C. The van der Waals surface area contributed by atoms with E-state index >= 15 is 0 Å². The number of hydrogen-bond donors (Lipinski definition) is 2. The van der Waals surface area contributed by atoms with Gasteiger partial charge < -0.3 is 10.4 Å². The van der Waals surface area contributed by atoms with Crippen molar-refractivity contribution in [2.75, 3.05) is 12.0 Å². The van der Waals surface area contributed by atoms with Crippen molar-refractivity contribution in [1.29, 1.82) is 0 Å². The summed E-state index contributed by atoms with van der Waals surface area (Å²) in [7, 11) is 0. The summed E-state index contributed by atoms with van der Waals surface area (Å²) in [5.41, 5.74) is 2.55. The van der Waals surface area contributed by atoms with Crippen molar-refractivity contribution in [2.45, 2.75) is 19.9 Å². The number of hydrogen-bond acceptors (Lipinski definition) is 3. The molecule has 1 unspecified atom stereocenters. The maximum Gasteiger partial charge on any atom is 0.330 e. The highest BCUT2D eigenvalue weighted by molar-refractivity contribution is 7.99. The van der Waals surface area contributed by atoms with Crippen LogP contribution in [-0.2, 0) is 9.59 Å². The molecule has 1 atom stereocenters. The Balaban J connectivity index is 3.02. The zero-order valence-electron chi connectivity index (χ0n) is 10.7. The second-order valence-electron chi connectivity index (χ2n) is 4.06. The predicted octanol–water partition coefficient (Wildman–Crippen LogP) is 1.91. The minimum absolute atomic E-state index is 0.259. The molecular formula is C13H17NO3S. The zero-order valence-corrected chi connectivity index (χ0v) is 11.5. The van der Waals surface area contributed by atoms with Crippen LogP contribution in [0.5, 0.6) is 0 Å². The molecule has 0 aliphatic heterocycles. The van der Waals surface area contributed by atoms with Crippen LogP contribution in [0.3, 0.4) is 0 Å². The number of aliphatic carboxylic acids is 1. The molecule has 4 nitrogen and oxygen atoms in total. The van der Waals surface area contributed by atoms with Crippen LogP contribution in [0.1, 0.15) is 22.7 Å².